The van der Waals surface area contributed by atoms with Gasteiger partial charge in [0.15, 0.2) is 5.96 Å². The summed E-state index contributed by atoms with van der Waals surface area (Å²) < 4.78 is 5.41. The Kier molecular flexibility index (Phi) is 6.27. The monoisotopic (exact) mass is 291 g/mol. The van der Waals surface area contributed by atoms with Gasteiger partial charge in [0, 0.05) is 45.0 Å². The van der Waals surface area contributed by atoms with Gasteiger partial charge in [-0.1, -0.05) is 13.0 Å². The van der Waals surface area contributed by atoms with Crippen LogP contribution in [0, 0.1) is 0 Å². The van der Waals surface area contributed by atoms with Crippen LogP contribution in [-0.4, -0.2) is 50.8 Å². The van der Waals surface area contributed by atoms with Crippen molar-refractivity contribution >= 4 is 11.8 Å². The predicted octanol–water partition coefficient (Wildman–Crippen LogP) is 0.993. The van der Waals surface area contributed by atoms with E-state index in [-0.39, 0.29) is 0 Å². The fourth-order valence-corrected chi connectivity index (χ4v) is 2.27. The lowest BCUT2D eigenvalue weighted by Gasteiger charge is -2.29. The lowest BCUT2D eigenvalue weighted by molar-refractivity contribution is 0.122. The van der Waals surface area contributed by atoms with Crippen LogP contribution in [0.5, 0.6) is 0 Å². The molecule has 2 heterocycles. The molecule has 1 aliphatic heterocycles. The molecule has 2 rings (SSSR count). The van der Waals surface area contributed by atoms with Crippen molar-refractivity contribution < 1.29 is 4.74 Å². The average molecular weight is 291 g/mol. The summed E-state index contributed by atoms with van der Waals surface area (Å²) in [7, 11) is 1.79. The molecule has 0 bridgehead atoms. The first kappa shape index (κ1) is 15.6. The molecule has 1 aliphatic rings. The first-order valence-electron chi connectivity index (χ1n) is 7.56. The Balaban J connectivity index is 1.99. The van der Waals surface area contributed by atoms with Crippen molar-refractivity contribution in [3.63, 3.8) is 0 Å². The standard InChI is InChI=1S/C15H25N5O/c1-3-6-18-15(16-2)19-12-13-5-4-7-17-14(13)20-8-10-21-11-9-20/h4-5,7H,3,6,8-12H2,1-2H3,(H2,16,18,19). The van der Waals surface area contributed by atoms with Crippen LogP contribution < -0.4 is 15.5 Å². The second-order valence-corrected chi connectivity index (χ2v) is 4.94. The van der Waals surface area contributed by atoms with Crippen LogP contribution in [0.15, 0.2) is 23.3 Å². The van der Waals surface area contributed by atoms with Gasteiger partial charge in [0.2, 0.25) is 0 Å². The van der Waals surface area contributed by atoms with Crippen molar-refractivity contribution in [3.8, 4) is 0 Å². The Hall–Kier alpha value is -1.82. The highest BCUT2D eigenvalue weighted by molar-refractivity contribution is 5.79. The molecule has 0 unspecified atom stereocenters. The molecule has 6 nitrogen and oxygen atoms in total. The molecule has 1 aromatic rings. The number of aliphatic imine (C=N–C) groups is 1. The van der Waals surface area contributed by atoms with Crippen LogP contribution in [-0.2, 0) is 11.3 Å². The highest BCUT2D eigenvalue weighted by Crippen LogP contribution is 2.18. The Morgan fingerprint density at radius 1 is 1.38 bits per heavy atom. The second-order valence-electron chi connectivity index (χ2n) is 4.94. The lowest BCUT2D eigenvalue weighted by atomic mass is 10.2. The molecule has 21 heavy (non-hydrogen) atoms. The number of anilines is 1. The van der Waals surface area contributed by atoms with E-state index in [1.165, 1.54) is 5.56 Å². The van der Waals surface area contributed by atoms with E-state index < -0.39 is 0 Å². The van der Waals surface area contributed by atoms with Gasteiger partial charge in [0.05, 0.1) is 13.2 Å². The lowest BCUT2D eigenvalue weighted by Crippen LogP contribution is -2.39. The van der Waals surface area contributed by atoms with E-state index in [1.54, 1.807) is 7.05 Å². The molecule has 1 aromatic heterocycles. The minimum Gasteiger partial charge on any atom is -0.378 e. The number of aromatic nitrogens is 1. The fraction of sp³-hybridized carbons (Fsp3) is 0.600. The van der Waals surface area contributed by atoms with Crippen molar-refractivity contribution in [2.24, 2.45) is 4.99 Å². The van der Waals surface area contributed by atoms with Crippen LogP contribution in [0.1, 0.15) is 18.9 Å². The first-order chi connectivity index (χ1) is 10.3. The van der Waals surface area contributed by atoms with E-state index in [9.17, 15) is 0 Å². The van der Waals surface area contributed by atoms with Gasteiger partial charge in [-0.25, -0.2) is 4.98 Å². The minimum absolute atomic E-state index is 0.712. The number of ether oxygens (including phenoxy) is 1. The number of morpholine rings is 1. The third-order valence-corrected chi connectivity index (χ3v) is 3.39. The molecule has 0 radical (unpaired) electrons. The number of pyridine rings is 1. The van der Waals surface area contributed by atoms with Gasteiger partial charge in [-0.15, -0.1) is 0 Å². The molecule has 1 fully saturated rings. The van der Waals surface area contributed by atoms with Crippen molar-refractivity contribution in [1.29, 1.82) is 0 Å². The summed E-state index contributed by atoms with van der Waals surface area (Å²) in [6.45, 7) is 7.09. The maximum atomic E-state index is 5.41. The second kappa shape index (κ2) is 8.46. The van der Waals surface area contributed by atoms with E-state index in [0.717, 1.165) is 51.0 Å². The molecule has 2 N–H and O–H groups in total. The Labute approximate surface area is 126 Å². The van der Waals surface area contributed by atoms with Crippen LogP contribution >= 0.6 is 0 Å². The van der Waals surface area contributed by atoms with Crippen molar-refractivity contribution in [3.05, 3.63) is 23.9 Å². The number of nitrogens with one attached hydrogen (secondary N) is 2. The maximum absolute atomic E-state index is 5.41. The van der Waals surface area contributed by atoms with Gasteiger partial charge in [-0.3, -0.25) is 4.99 Å². The number of guanidine groups is 1. The third-order valence-electron chi connectivity index (χ3n) is 3.39. The van der Waals surface area contributed by atoms with Crippen molar-refractivity contribution in [2.45, 2.75) is 19.9 Å². The molecule has 1 saturated heterocycles. The van der Waals surface area contributed by atoms with Gasteiger partial charge in [0.25, 0.3) is 0 Å². The molecule has 0 aromatic carbocycles. The molecule has 6 heteroatoms. The van der Waals surface area contributed by atoms with Gasteiger partial charge >= 0.3 is 0 Å². The summed E-state index contributed by atoms with van der Waals surface area (Å²) >= 11 is 0. The summed E-state index contributed by atoms with van der Waals surface area (Å²) in [5, 5.41) is 6.61. The number of nitrogens with zero attached hydrogens (tertiary/aromatic N) is 3. The Bertz CT molecular complexity index is 457. The molecule has 0 spiro atoms. The van der Waals surface area contributed by atoms with Crippen LogP contribution in [0.3, 0.4) is 0 Å². The molecule has 0 aliphatic carbocycles. The zero-order valence-corrected chi connectivity index (χ0v) is 12.9. The van der Waals surface area contributed by atoms with E-state index in [4.69, 9.17) is 4.74 Å². The Morgan fingerprint density at radius 3 is 2.90 bits per heavy atom. The summed E-state index contributed by atoms with van der Waals surface area (Å²) in [6.07, 6.45) is 2.92. The van der Waals surface area contributed by atoms with E-state index in [2.05, 4.69) is 38.5 Å². The maximum Gasteiger partial charge on any atom is 0.191 e. The van der Waals surface area contributed by atoms with Crippen LogP contribution in [0.2, 0.25) is 0 Å². The summed E-state index contributed by atoms with van der Waals surface area (Å²) in [5.74, 6) is 1.87. The van der Waals surface area contributed by atoms with Crippen LogP contribution in [0.25, 0.3) is 0 Å². The quantitative estimate of drug-likeness (QED) is 0.626. The topological polar surface area (TPSA) is 61.8 Å². The molecular formula is C15H25N5O. The third kappa shape index (κ3) is 4.60. The zero-order chi connectivity index (χ0) is 14.9. The predicted molar refractivity (Wildman–Crippen MR) is 85.8 cm³/mol. The summed E-state index contributed by atoms with van der Waals surface area (Å²) in [5.41, 5.74) is 1.18. The van der Waals surface area contributed by atoms with E-state index in [0.29, 0.717) is 6.54 Å². The molecule has 0 saturated carbocycles. The molecule has 0 amide bonds. The van der Waals surface area contributed by atoms with Crippen molar-refractivity contribution in [1.82, 2.24) is 15.6 Å². The summed E-state index contributed by atoms with van der Waals surface area (Å²) in [4.78, 5) is 11.0. The number of hydrogen-bond acceptors (Lipinski definition) is 4. The SMILES string of the molecule is CCCNC(=NC)NCc1cccnc1N1CCOCC1. The minimum atomic E-state index is 0.712. The molecule has 0 atom stereocenters. The summed E-state index contributed by atoms with van der Waals surface area (Å²) in [6, 6.07) is 4.08. The highest BCUT2D eigenvalue weighted by Gasteiger charge is 2.15. The van der Waals surface area contributed by atoms with Gasteiger partial charge in [-0.2, -0.15) is 0 Å². The molecular weight excluding hydrogens is 266 g/mol. The van der Waals surface area contributed by atoms with Gasteiger partial charge in [-0.05, 0) is 12.5 Å². The van der Waals surface area contributed by atoms with E-state index in [1.807, 2.05) is 12.3 Å². The average Bonchev–Trinajstić information content (AvgIpc) is 2.56. The number of rotatable bonds is 5. The molecule has 116 valence electrons. The van der Waals surface area contributed by atoms with Gasteiger partial charge in [0.1, 0.15) is 5.82 Å². The van der Waals surface area contributed by atoms with Gasteiger partial charge < -0.3 is 20.3 Å². The van der Waals surface area contributed by atoms with Crippen LogP contribution in [0.4, 0.5) is 5.82 Å². The highest BCUT2D eigenvalue weighted by atomic mass is 16.5. The largest absolute Gasteiger partial charge is 0.378 e. The smallest absolute Gasteiger partial charge is 0.191 e. The first-order valence-corrected chi connectivity index (χ1v) is 7.56. The zero-order valence-electron chi connectivity index (χ0n) is 12.9. The normalized spacial score (nSPS) is 15.9. The number of hydrogen-bond donors (Lipinski definition) is 2. The fourth-order valence-electron chi connectivity index (χ4n) is 2.27. The Morgan fingerprint density at radius 2 is 2.19 bits per heavy atom. The van der Waals surface area contributed by atoms with E-state index >= 15 is 0 Å². The van der Waals surface area contributed by atoms with Crippen molar-refractivity contribution in [2.75, 3.05) is 44.8 Å².